The molecule has 0 atom stereocenters. The Morgan fingerprint density at radius 3 is 2.57 bits per heavy atom. The number of carbonyl (C=O) groups excluding carboxylic acids is 2. The van der Waals surface area contributed by atoms with E-state index in [1.54, 1.807) is 13.8 Å². The summed E-state index contributed by atoms with van der Waals surface area (Å²) in [6, 6.07) is 3.69. The summed E-state index contributed by atoms with van der Waals surface area (Å²) in [6.07, 6.45) is 0. The van der Waals surface area contributed by atoms with Gasteiger partial charge in [-0.2, -0.15) is 0 Å². The molecule has 9 nitrogen and oxygen atoms in total. The molecule has 0 bridgehead atoms. The third kappa shape index (κ3) is 2.63. The highest BCUT2D eigenvalue weighted by Crippen LogP contribution is 2.26. The van der Waals surface area contributed by atoms with Gasteiger partial charge in [-0.1, -0.05) is 6.07 Å². The fourth-order valence-corrected chi connectivity index (χ4v) is 2.10. The number of rotatable bonds is 4. The van der Waals surface area contributed by atoms with Crippen LogP contribution in [0.4, 0.5) is 16.2 Å². The number of nitrogen functional groups attached to an aromatic ring is 1. The Morgan fingerprint density at radius 2 is 2.10 bits per heavy atom. The minimum absolute atomic E-state index is 0.0147. The number of anilines is 1. The number of amides is 3. The summed E-state index contributed by atoms with van der Waals surface area (Å²) in [5.41, 5.74) is 1.77. The van der Waals surface area contributed by atoms with E-state index in [0.717, 1.165) is 4.90 Å². The number of hydrogen-bond donors (Lipinski definition) is 3. The lowest BCUT2D eigenvalue weighted by Crippen LogP contribution is -2.40. The van der Waals surface area contributed by atoms with Crippen molar-refractivity contribution >= 4 is 23.3 Å². The lowest BCUT2D eigenvalue weighted by atomic mass is 10.1. The normalized spacial score (nSPS) is 16.8. The summed E-state index contributed by atoms with van der Waals surface area (Å²) in [6.45, 7) is 3.23. The first-order valence-electron chi connectivity index (χ1n) is 6.14. The van der Waals surface area contributed by atoms with Crippen LogP contribution in [0.25, 0.3) is 0 Å². The molecule has 0 aliphatic carbocycles. The van der Waals surface area contributed by atoms with Crippen molar-refractivity contribution in [3.63, 3.8) is 0 Å². The van der Waals surface area contributed by atoms with Crippen LogP contribution >= 0.6 is 0 Å². The Kier molecular flexibility index (Phi) is 3.52. The maximum absolute atomic E-state index is 12.1. The van der Waals surface area contributed by atoms with Crippen LogP contribution in [-0.4, -0.2) is 27.3 Å². The third-order valence-electron chi connectivity index (χ3n) is 3.20. The molecule has 1 aromatic carbocycles. The predicted molar refractivity (Wildman–Crippen MR) is 74.1 cm³/mol. The average molecular weight is 293 g/mol. The highest BCUT2D eigenvalue weighted by Gasteiger charge is 2.44. The van der Waals surface area contributed by atoms with E-state index >= 15 is 0 Å². The Balaban J connectivity index is 2.27. The minimum atomic E-state index is -0.952. The van der Waals surface area contributed by atoms with Gasteiger partial charge in [0, 0.05) is 6.07 Å². The lowest BCUT2D eigenvalue weighted by Gasteiger charge is -2.16. The van der Waals surface area contributed by atoms with E-state index in [2.05, 4.69) is 10.7 Å². The summed E-state index contributed by atoms with van der Waals surface area (Å²) in [7, 11) is 0. The number of benzene rings is 1. The summed E-state index contributed by atoms with van der Waals surface area (Å²) in [5.74, 6) is 4.90. The van der Waals surface area contributed by atoms with Crippen molar-refractivity contribution in [1.82, 2.24) is 10.2 Å². The fourth-order valence-electron chi connectivity index (χ4n) is 2.10. The number of carbonyl (C=O) groups is 2. The first-order chi connectivity index (χ1) is 9.76. The Hall–Kier alpha value is -2.68. The van der Waals surface area contributed by atoms with Crippen LogP contribution in [0.1, 0.15) is 19.4 Å². The number of nitro groups is 1. The highest BCUT2D eigenvalue weighted by atomic mass is 16.6. The van der Waals surface area contributed by atoms with Gasteiger partial charge in [-0.05, 0) is 25.5 Å². The molecule has 0 saturated carbocycles. The van der Waals surface area contributed by atoms with Gasteiger partial charge in [0.2, 0.25) is 0 Å². The van der Waals surface area contributed by atoms with Gasteiger partial charge in [0.15, 0.2) is 0 Å². The number of urea groups is 1. The highest BCUT2D eigenvalue weighted by molar-refractivity contribution is 6.06. The fraction of sp³-hybridized carbons (Fsp3) is 0.333. The van der Waals surface area contributed by atoms with E-state index in [0.29, 0.717) is 5.56 Å². The lowest BCUT2D eigenvalue weighted by molar-refractivity contribution is -0.384. The van der Waals surface area contributed by atoms with Gasteiger partial charge in [0.25, 0.3) is 11.6 Å². The second-order valence-corrected chi connectivity index (χ2v) is 5.20. The third-order valence-corrected chi connectivity index (χ3v) is 3.20. The van der Waals surface area contributed by atoms with Gasteiger partial charge in [-0.3, -0.25) is 25.7 Å². The molecule has 1 aromatic rings. The molecule has 2 rings (SSSR count). The summed E-state index contributed by atoms with van der Waals surface area (Å²) >= 11 is 0. The Labute approximate surface area is 120 Å². The minimum Gasteiger partial charge on any atom is -0.324 e. The number of nitrogens with two attached hydrogens (primary N) is 1. The smallest absolute Gasteiger partial charge is 0.324 e. The molecule has 1 fully saturated rings. The van der Waals surface area contributed by atoms with E-state index in [1.165, 1.54) is 18.2 Å². The molecule has 0 spiro atoms. The van der Waals surface area contributed by atoms with E-state index < -0.39 is 16.5 Å². The summed E-state index contributed by atoms with van der Waals surface area (Å²) in [4.78, 5) is 35.1. The van der Waals surface area contributed by atoms with Gasteiger partial charge in [-0.25, -0.2) is 4.79 Å². The van der Waals surface area contributed by atoms with E-state index in [-0.39, 0.29) is 23.8 Å². The maximum Gasteiger partial charge on any atom is 0.325 e. The first kappa shape index (κ1) is 14.7. The van der Waals surface area contributed by atoms with Crippen LogP contribution in [0.2, 0.25) is 0 Å². The number of hydrazine groups is 1. The zero-order valence-electron chi connectivity index (χ0n) is 11.5. The molecule has 1 heterocycles. The molecule has 112 valence electrons. The molecular formula is C12H15N5O4. The van der Waals surface area contributed by atoms with Crippen LogP contribution in [-0.2, 0) is 11.3 Å². The molecule has 0 aromatic heterocycles. The molecular weight excluding hydrogens is 278 g/mol. The van der Waals surface area contributed by atoms with Crippen molar-refractivity contribution < 1.29 is 14.5 Å². The molecule has 0 radical (unpaired) electrons. The second kappa shape index (κ2) is 5.02. The number of hydrogen-bond acceptors (Lipinski definition) is 6. The second-order valence-electron chi connectivity index (χ2n) is 5.20. The van der Waals surface area contributed by atoms with Gasteiger partial charge in [0.05, 0.1) is 11.5 Å². The largest absolute Gasteiger partial charge is 0.325 e. The predicted octanol–water partition coefficient (Wildman–Crippen LogP) is 0.711. The standard InChI is InChI=1S/C12H15N5O4/c1-12(2)10(18)16(11(19)14-12)6-7-3-4-9(17(20)21)8(5-7)15-13/h3-5,15H,6,13H2,1-2H3,(H,14,19). The average Bonchev–Trinajstić information content (AvgIpc) is 2.60. The topological polar surface area (TPSA) is 131 Å². The van der Waals surface area contributed by atoms with Gasteiger partial charge < -0.3 is 10.7 Å². The van der Waals surface area contributed by atoms with Crippen molar-refractivity contribution in [2.24, 2.45) is 5.84 Å². The number of imide groups is 1. The number of nitrogens with one attached hydrogen (secondary N) is 2. The number of nitrogens with zero attached hydrogens (tertiary/aromatic N) is 2. The van der Waals surface area contributed by atoms with Gasteiger partial charge in [0.1, 0.15) is 11.2 Å². The van der Waals surface area contributed by atoms with Crippen molar-refractivity contribution in [2.75, 3.05) is 5.43 Å². The van der Waals surface area contributed by atoms with Gasteiger partial charge >= 0.3 is 6.03 Å². The van der Waals surface area contributed by atoms with Crippen molar-refractivity contribution in [1.29, 1.82) is 0 Å². The molecule has 3 amide bonds. The zero-order chi connectivity index (χ0) is 15.8. The zero-order valence-corrected chi connectivity index (χ0v) is 11.5. The molecule has 1 aliphatic heterocycles. The molecule has 0 unspecified atom stereocenters. The van der Waals surface area contributed by atoms with Crippen molar-refractivity contribution in [3.05, 3.63) is 33.9 Å². The molecule has 9 heteroatoms. The van der Waals surface area contributed by atoms with Crippen LogP contribution in [0, 0.1) is 10.1 Å². The first-order valence-corrected chi connectivity index (χ1v) is 6.14. The molecule has 4 N–H and O–H groups in total. The summed E-state index contributed by atoms with van der Waals surface area (Å²) in [5, 5.41) is 13.4. The molecule has 1 aliphatic rings. The molecule has 21 heavy (non-hydrogen) atoms. The van der Waals surface area contributed by atoms with Crippen LogP contribution in [0.3, 0.4) is 0 Å². The quantitative estimate of drug-likeness (QED) is 0.324. The van der Waals surface area contributed by atoms with Crippen LogP contribution < -0.4 is 16.6 Å². The van der Waals surface area contributed by atoms with Crippen molar-refractivity contribution in [3.8, 4) is 0 Å². The van der Waals surface area contributed by atoms with Crippen LogP contribution in [0.5, 0.6) is 0 Å². The van der Waals surface area contributed by atoms with E-state index in [1.807, 2.05) is 0 Å². The van der Waals surface area contributed by atoms with E-state index in [9.17, 15) is 19.7 Å². The Bertz CT molecular complexity index is 628. The maximum atomic E-state index is 12.1. The Morgan fingerprint density at radius 1 is 1.43 bits per heavy atom. The SMILES string of the molecule is CC1(C)NC(=O)N(Cc2ccc([N+](=O)[O-])c(NN)c2)C1=O. The van der Waals surface area contributed by atoms with E-state index in [4.69, 9.17) is 5.84 Å². The van der Waals surface area contributed by atoms with Crippen molar-refractivity contribution in [2.45, 2.75) is 25.9 Å². The summed E-state index contributed by atoms with van der Waals surface area (Å²) < 4.78 is 0. The molecule has 1 saturated heterocycles. The van der Waals surface area contributed by atoms with Crippen LogP contribution in [0.15, 0.2) is 18.2 Å². The number of nitro benzene ring substituents is 1. The monoisotopic (exact) mass is 293 g/mol. The van der Waals surface area contributed by atoms with Gasteiger partial charge in [-0.15, -0.1) is 0 Å².